The van der Waals surface area contributed by atoms with Gasteiger partial charge in [0.1, 0.15) is 0 Å². The molecule has 0 saturated heterocycles. The van der Waals surface area contributed by atoms with Crippen molar-refractivity contribution in [2.75, 3.05) is 5.73 Å². The largest absolute Gasteiger partial charge is 0.375 e. The van der Waals surface area contributed by atoms with E-state index < -0.39 is 0 Å². The first-order valence-electron chi connectivity index (χ1n) is 8.45. The van der Waals surface area contributed by atoms with Gasteiger partial charge in [0.05, 0.1) is 5.69 Å². The second-order valence-electron chi connectivity index (χ2n) is 7.96. The minimum atomic E-state index is 0.300. The number of thiazole rings is 1. The maximum absolute atomic E-state index is 5.95. The minimum absolute atomic E-state index is 0.300. The van der Waals surface area contributed by atoms with Crippen LogP contribution in [0.2, 0.25) is 0 Å². The summed E-state index contributed by atoms with van der Waals surface area (Å²) in [5, 5.41) is 2.97. The highest BCUT2D eigenvalue weighted by molar-refractivity contribution is 7.13. The average Bonchev–Trinajstić information content (AvgIpc) is 2.94. The molecule has 1 heterocycles. The zero-order valence-corrected chi connectivity index (χ0v) is 13.6. The molecule has 0 radical (unpaired) electrons. The first kappa shape index (κ1) is 13.1. The first-order chi connectivity index (χ1) is 10.7. The van der Waals surface area contributed by atoms with E-state index in [1.54, 1.807) is 16.9 Å². The Balaban J connectivity index is 1.62. The molecule has 2 N–H and O–H groups in total. The average molecular weight is 310 g/mol. The monoisotopic (exact) mass is 310 g/mol. The second-order valence-corrected chi connectivity index (χ2v) is 8.85. The molecule has 4 saturated carbocycles. The van der Waals surface area contributed by atoms with Gasteiger partial charge >= 0.3 is 0 Å². The molecule has 2 aromatic rings. The van der Waals surface area contributed by atoms with Gasteiger partial charge in [0.15, 0.2) is 5.13 Å². The van der Waals surface area contributed by atoms with Crippen molar-refractivity contribution in [3.8, 4) is 0 Å². The lowest BCUT2D eigenvalue weighted by molar-refractivity contribution is -0.0296. The molecule has 0 amide bonds. The van der Waals surface area contributed by atoms with Gasteiger partial charge in [-0.05, 0) is 61.3 Å². The van der Waals surface area contributed by atoms with Crippen LogP contribution in [0.1, 0.15) is 49.8 Å². The van der Waals surface area contributed by atoms with Crippen molar-refractivity contribution in [2.45, 2.75) is 49.4 Å². The number of aromatic nitrogens is 1. The Kier molecular flexibility index (Phi) is 2.59. The highest BCUT2D eigenvalue weighted by Gasteiger charge is 2.59. The number of hydrogen-bond acceptors (Lipinski definition) is 3. The third-order valence-corrected chi connectivity index (χ3v) is 7.19. The van der Waals surface area contributed by atoms with Crippen LogP contribution < -0.4 is 5.73 Å². The summed E-state index contributed by atoms with van der Waals surface area (Å²) in [6, 6.07) is 11.3. The molecule has 114 valence electrons. The zero-order valence-electron chi connectivity index (χ0n) is 12.8. The fourth-order valence-electron chi connectivity index (χ4n) is 6.22. The summed E-state index contributed by atoms with van der Waals surface area (Å²) in [6.07, 6.45) is 8.16. The summed E-state index contributed by atoms with van der Waals surface area (Å²) in [4.78, 5) is 4.72. The molecule has 1 aromatic heterocycles. The van der Waals surface area contributed by atoms with Crippen LogP contribution >= 0.6 is 11.3 Å². The van der Waals surface area contributed by atoms with Gasteiger partial charge in [0, 0.05) is 10.8 Å². The SMILES string of the molecule is Nc1nc(C23CC4CC(CC(c5ccccc5)(C4)C2)C3)cs1. The first-order valence-corrected chi connectivity index (χ1v) is 9.33. The third-order valence-electron chi connectivity index (χ3n) is 6.51. The van der Waals surface area contributed by atoms with Crippen LogP contribution in [0.3, 0.4) is 0 Å². The van der Waals surface area contributed by atoms with Crippen LogP contribution in [0.4, 0.5) is 5.13 Å². The van der Waals surface area contributed by atoms with Gasteiger partial charge in [0.2, 0.25) is 0 Å². The predicted molar refractivity (Wildman–Crippen MR) is 91.0 cm³/mol. The van der Waals surface area contributed by atoms with E-state index >= 15 is 0 Å². The number of rotatable bonds is 2. The summed E-state index contributed by atoms with van der Waals surface area (Å²) in [6.45, 7) is 0. The Morgan fingerprint density at radius 3 is 2.32 bits per heavy atom. The second kappa shape index (κ2) is 4.35. The summed E-state index contributed by atoms with van der Waals surface area (Å²) >= 11 is 1.61. The number of hydrogen-bond donors (Lipinski definition) is 1. The highest BCUT2D eigenvalue weighted by atomic mass is 32.1. The van der Waals surface area contributed by atoms with Crippen molar-refractivity contribution in [1.29, 1.82) is 0 Å². The topological polar surface area (TPSA) is 38.9 Å². The van der Waals surface area contributed by atoms with E-state index in [2.05, 4.69) is 35.7 Å². The van der Waals surface area contributed by atoms with E-state index in [0.717, 1.165) is 17.0 Å². The molecule has 1 aromatic carbocycles. The molecular formula is C19H22N2S. The third kappa shape index (κ3) is 1.75. The molecule has 22 heavy (non-hydrogen) atoms. The zero-order chi connectivity index (χ0) is 14.8. The number of nitrogens with two attached hydrogens (primary N) is 1. The van der Waals surface area contributed by atoms with E-state index in [4.69, 9.17) is 10.7 Å². The Labute approximate surface area is 135 Å². The molecule has 2 unspecified atom stereocenters. The van der Waals surface area contributed by atoms with Gasteiger partial charge in [-0.1, -0.05) is 30.3 Å². The molecule has 6 rings (SSSR count). The highest BCUT2D eigenvalue weighted by Crippen LogP contribution is 2.66. The maximum Gasteiger partial charge on any atom is 0.180 e. The minimum Gasteiger partial charge on any atom is -0.375 e. The van der Waals surface area contributed by atoms with Gasteiger partial charge in [-0.2, -0.15) is 0 Å². The normalized spacial score (nSPS) is 39.3. The fraction of sp³-hybridized carbons (Fsp3) is 0.526. The summed E-state index contributed by atoms with van der Waals surface area (Å²) in [5.41, 5.74) is 9.50. The Morgan fingerprint density at radius 1 is 1.00 bits per heavy atom. The lowest BCUT2D eigenvalue weighted by Crippen LogP contribution is -2.56. The molecule has 0 aliphatic heterocycles. The molecule has 2 nitrogen and oxygen atoms in total. The van der Waals surface area contributed by atoms with E-state index in [1.165, 1.54) is 44.2 Å². The summed E-state index contributed by atoms with van der Waals surface area (Å²) in [7, 11) is 0. The molecule has 4 aliphatic carbocycles. The number of nitrogen functional groups attached to an aromatic ring is 1. The molecular weight excluding hydrogens is 288 g/mol. The van der Waals surface area contributed by atoms with Crippen LogP contribution in [0.25, 0.3) is 0 Å². The van der Waals surface area contributed by atoms with Crippen molar-refractivity contribution in [2.24, 2.45) is 11.8 Å². The van der Waals surface area contributed by atoms with E-state index in [0.29, 0.717) is 10.8 Å². The number of benzene rings is 1. The smallest absolute Gasteiger partial charge is 0.180 e. The molecule has 4 bridgehead atoms. The van der Waals surface area contributed by atoms with E-state index in [-0.39, 0.29) is 0 Å². The van der Waals surface area contributed by atoms with Crippen molar-refractivity contribution in [1.82, 2.24) is 4.98 Å². The van der Waals surface area contributed by atoms with Crippen molar-refractivity contribution >= 4 is 16.5 Å². The number of anilines is 1. The van der Waals surface area contributed by atoms with Crippen LogP contribution in [-0.2, 0) is 10.8 Å². The van der Waals surface area contributed by atoms with Crippen LogP contribution in [-0.4, -0.2) is 4.98 Å². The van der Waals surface area contributed by atoms with Gasteiger partial charge in [-0.15, -0.1) is 11.3 Å². The standard InChI is InChI=1S/C19H22N2S/c20-17-21-16(11-22-17)19-9-13-6-14(10-19)8-18(7-13,12-19)15-4-2-1-3-5-15/h1-5,11,13-14H,6-10,12H2,(H2,20,21). The van der Waals surface area contributed by atoms with Gasteiger partial charge in [-0.25, -0.2) is 4.98 Å². The molecule has 4 fully saturated rings. The fourth-order valence-corrected chi connectivity index (χ4v) is 6.91. The van der Waals surface area contributed by atoms with E-state index in [1.807, 2.05) is 0 Å². The Hall–Kier alpha value is -1.35. The predicted octanol–water partition coefficient (Wildman–Crippen LogP) is 4.51. The van der Waals surface area contributed by atoms with Crippen LogP contribution in [0, 0.1) is 11.8 Å². The van der Waals surface area contributed by atoms with Gasteiger partial charge in [0.25, 0.3) is 0 Å². The lowest BCUT2D eigenvalue weighted by Gasteiger charge is -2.62. The summed E-state index contributed by atoms with van der Waals surface area (Å²) in [5.74, 6) is 1.76. The Bertz CT molecular complexity index is 691. The van der Waals surface area contributed by atoms with Crippen LogP contribution in [0.5, 0.6) is 0 Å². The Morgan fingerprint density at radius 2 is 1.68 bits per heavy atom. The molecule has 2 atom stereocenters. The van der Waals surface area contributed by atoms with Gasteiger partial charge < -0.3 is 5.73 Å². The quantitative estimate of drug-likeness (QED) is 0.886. The van der Waals surface area contributed by atoms with Gasteiger partial charge in [-0.3, -0.25) is 0 Å². The number of nitrogens with zero attached hydrogens (tertiary/aromatic N) is 1. The van der Waals surface area contributed by atoms with Crippen molar-refractivity contribution in [3.63, 3.8) is 0 Å². The van der Waals surface area contributed by atoms with Crippen molar-refractivity contribution in [3.05, 3.63) is 47.0 Å². The molecule has 3 heteroatoms. The molecule has 4 aliphatic rings. The van der Waals surface area contributed by atoms with E-state index in [9.17, 15) is 0 Å². The summed E-state index contributed by atoms with van der Waals surface area (Å²) < 4.78 is 0. The van der Waals surface area contributed by atoms with Crippen LogP contribution in [0.15, 0.2) is 35.7 Å². The maximum atomic E-state index is 5.95. The van der Waals surface area contributed by atoms with Crippen molar-refractivity contribution < 1.29 is 0 Å². The molecule has 0 spiro atoms. The lowest BCUT2D eigenvalue weighted by atomic mass is 9.42.